The van der Waals surface area contributed by atoms with Gasteiger partial charge in [0, 0.05) is 22.0 Å². The number of benzene rings is 3. The third-order valence-corrected chi connectivity index (χ3v) is 5.27. The summed E-state index contributed by atoms with van der Waals surface area (Å²) in [5.41, 5.74) is 3.50. The Bertz CT molecular complexity index is 1030. The molecule has 0 unspecified atom stereocenters. The van der Waals surface area contributed by atoms with Crippen molar-refractivity contribution >= 4 is 27.5 Å². The Kier molecular flexibility index (Phi) is 5.26. The summed E-state index contributed by atoms with van der Waals surface area (Å²) in [6.07, 6.45) is 0.650. The highest BCUT2D eigenvalue weighted by Crippen LogP contribution is 2.34. The highest BCUT2D eigenvalue weighted by molar-refractivity contribution is 9.10. The van der Waals surface area contributed by atoms with E-state index in [0.29, 0.717) is 12.0 Å². The van der Waals surface area contributed by atoms with Crippen molar-refractivity contribution in [3.05, 3.63) is 100 Å². The molecule has 4 rings (SSSR count). The average Bonchev–Trinajstić information content (AvgIpc) is 3.19. The van der Waals surface area contributed by atoms with Crippen LogP contribution in [0.2, 0.25) is 0 Å². The van der Waals surface area contributed by atoms with Gasteiger partial charge in [-0.25, -0.2) is 5.01 Å². The Labute approximate surface area is 172 Å². The number of methoxy groups -OCH3 is 1. The highest BCUT2D eigenvalue weighted by Gasteiger charge is 2.33. The summed E-state index contributed by atoms with van der Waals surface area (Å²) in [4.78, 5) is 13.3. The van der Waals surface area contributed by atoms with Gasteiger partial charge in [0.1, 0.15) is 5.75 Å². The molecule has 0 aliphatic carbocycles. The van der Waals surface area contributed by atoms with Crippen molar-refractivity contribution in [3.63, 3.8) is 0 Å². The van der Waals surface area contributed by atoms with Crippen LogP contribution in [-0.2, 0) is 0 Å². The largest absolute Gasteiger partial charge is 0.497 e. The molecule has 1 aliphatic rings. The molecular weight excluding hydrogens is 416 g/mol. The number of hydrazone groups is 1. The predicted molar refractivity (Wildman–Crippen MR) is 114 cm³/mol. The second-order valence-electron chi connectivity index (χ2n) is 6.57. The van der Waals surface area contributed by atoms with Gasteiger partial charge in [0.15, 0.2) is 0 Å². The highest BCUT2D eigenvalue weighted by atomic mass is 79.9. The van der Waals surface area contributed by atoms with Gasteiger partial charge in [-0.05, 0) is 35.9 Å². The van der Waals surface area contributed by atoms with Crippen molar-refractivity contribution in [2.45, 2.75) is 12.5 Å². The second-order valence-corrected chi connectivity index (χ2v) is 7.49. The van der Waals surface area contributed by atoms with Gasteiger partial charge in [0.2, 0.25) is 0 Å². The predicted octanol–water partition coefficient (Wildman–Crippen LogP) is 5.45. The number of hydrogen-bond donors (Lipinski definition) is 0. The molecule has 0 aromatic heterocycles. The summed E-state index contributed by atoms with van der Waals surface area (Å²) in [6.45, 7) is 0. The first-order chi connectivity index (χ1) is 13.7. The van der Waals surface area contributed by atoms with E-state index in [1.165, 1.54) is 0 Å². The molecule has 140 valence electrons. The number of carbonyl (C=O) groups excluding carboxylic acids is 1. The van der Waals surface area contributed by atoms with Gasteiger partial charge < -0.3 is 4.74 Å². The van der Waals surface area contributed by atoms with Gasteiger partial charge in [-0.1, -0.05) is 64.5 Å². The standard InChI is InChI=1S/C23H19BrN2O2/c1-28-20-12-6-9-17(14-20)21-15-22(16-7-3-2-4-8-16)26(25-21)23(27)18-10-5-11-19(24)13-18/h2-14,22H,15H2,1H3/t22-/m1/s1. The van der Waals surface area contributed by atoms with Crippen molar-refractivity contribution in [2.24, 2.45) is 5.10 Å². The minimum absolute atomic E-state index is 0.118. The van der Waals surface area contributed by atoms with E-state index in [9.17, 15) is 4.79 Å². The molecule has 1 heterocycles. The Morgan fingerprint density at radius 1 is 1.04 bits per heavy atom. The fourth-order valence-corrected chi connectivity index (χ4v) is 3.76. The van der Waals surface area contributed by atoms with Crippen LogP contribution in [0.25, 0.3) is 0 Å². The molecule has 1 amide bonds. The number of hydrogen-bond acceptors (Lipinski definition) is 3. The number of halogens is 1. The third kappa shape index (κ3) is 3.71. The zero-order valence-corrected chi connectivity index (χ0v) is 17.0. The van der Waals surface area contributed by atoms with Crippen molar-refractivity contribution in [3.8, 4) is 5.75 Å². The summed E-state index contributed by atoms with van der Waals surface area (Å²) < 4.78 is 6.21. The summed E-state index contributed by atoms with van der Waals surface area (Å²) >= 11 is 3.44. The molecule has 0 radical (unpaired) electrons. The van der Waals surface area contributed by atoms with Gasteiger partial charge in [0.25, 0.3) is 5.91 Å². The second kappa shape index (κ2) is 7.98. The summed E-state index contributed by atoms with van der Waals surface area (Å²) in [7, 11) is 1.64. The van der Waals surface area contributed by atoms with Gasteiger partial charge in [-0.2, -0.15) is 5.10 Å². The molecule has 5 heteroatoms. The average molecular weight is 435 g/mol. The van der Waals surface area contributed by atoms with Crippen LogP contribution in [0.3, 0.4) is 0 Å². The summed E-state index contributed by atoms with van der Waals surface area (Å²) in [5.74, 6) is 0.654. The molecule has 28 heavy (non-hydrogen) atoms. The van der Waals surface area contributed by atoms with Crippen LogP contribution >= 0.6 is 15.9 Å². The topological polar surface area (TPSA) is 41.9 Å². The Morgan fingerprint density at radius 2 is 1.82 bits per heavy atom. The number of ether oxygens (including phenoxy) is 1. The van der Waals surface area contributed by atoms with Crippen LogP contribution in [-0.4, -0.2) is 23.7 Å². The van der Waals surface area contributed by atoms with E-state index in [1.807, 2.05) is 78.9 Å². The van der Waals surface area contributed by atoms with Crippen LogP contribution in [0.5, 0.6) is 5.75 Å². The maximum absolute atomic E-state index is 13.3. The number of rotatable bonds is 4. The maximum atomic E-state index is 13.3. The lowest BCUT2D eigenvalue weighted by Gasteiger charge is -2.22. The molecule has 4 nitrogen and oxygen atoms in total. The first-order valence-electron chi connectivity index (χ1n) is 9.01. The van der Waals surface area contributed by atoms with Gasteiger partial charge in [-0.15, -0.1) is 0 Å². The van der Waals surface area contributed by atoms with Gasteiger partial charge in [0.05, 0.1) is 18.9 Å². The summed E-state index contributed by atoms with van der Waals surface area (Å²) in [6, 6.07) is 25.1. The first-order valence-corrected chi connectivity index (χ1v) is 9.81. The molecular formula is C23H19BrN2O2. The number of nitrogens with zero attached hydrogens (tertiary/aromatic N) is 2. The zero-order chi connectivity index (χ0) is 19.5. The third-order valence-electron chi connectivity index (χ3n) is 4.78. The monoisotopic (exact) mass is 434 g/mol. The lowest BCUT2D eigenvalue weighted by molar-refractivity contribution is 0.0711. The van der Waals surface area contributed by atoms with Crippen LogP contribution < -0.4 is 4.74 Å². The molecule has 0 fully saturated rings. The van der Waals surface area contributed by atoms with E-state index >= 15 is 0 Å². The zero-order valence-electron chi connectivity index (χ0n) is 15.4. The molecule has 0 saturated carbocycles. The van der Waals surface area contributed by atoms with Crippen molar-refractivity contribution in [2.75, 3.05) is 7.11 Å². The van der Waals surface area contributed by atoms with Gasteiger partial charge in [-0.3, -0.25) is 4.79 Å². The maximum Gasteiger partial charge on any atom is 0.274 e. The normalized spacial score (nSPS) is 16.0. The molecule has 3 aromatic rings. The Balaban J connectivity index is 1.74. The minimum Gasteiger partial charge on any atom is -0.497 e. The Hall–Kier alpha value is -2.92. The Morgan fingerprint density at radius 3 is 2.57 bits per heavy atom. The molecule has 1 aliphatic heterocycles. The van der Waals surface area contributed by atoms with E-state index < -0.39 is 0 Å². The molecule has 0 spiro atoms. The van der Waals surface area contributed by atoms with Crippen molar-refractivity contribution < 1.29 is 9.53 Å². The fraction of sp³-hybridized carbons (Fsp3) is 0.130. The molecule has 0 saturated heterocycles. The van der Waals surface area contributed by atoms with Crippen molar-refractivity contribution in [1.29, 1.82) is 0 Å². The van der Waals surface area contributed by atoms with Gasteiger partial charge >= 0.3 is 0 Å². The fourth-order valence-electron chi connectivity index (χ4n) is 3.36. The van der Waals surface area contributed by atoms with Crippen LogP contribution in [0.4, 0.5) is 0 Å². The number of amides is 1. The van der Waals surface area contributed by atoms with E-state index in [2.05, 4.69) is 15.9 Å². The smallest absolute Gasteiger partial charge is 0.274 e. The van der Waals surface area contributed by atoms with Crippen LogP contribution in [0.15, 0.2) is 88.4 Å². The van der Waals surface area contributed by atoms with E-state index in [4.69, 9.17) is 9.84 Å². The summed E-state index contributed by atoms with van der Waals surface area (Å²) in [5, 5.41) is 6.33. The van der Waals surface area contributed by atoms with Crippen LogP contribution in [0, 0.1) is 0 Å². The molecule has 0 bridgehead atoms. The van der Waals surface area contributed by atoms with E-state index in [0.717, 1.165) is 27.1 Å². The van der Waals surface area contributed by atoms with Crippen molar-refractivity contribution in [1.82, 2.24) is 5.01 Å². The van der Waals surface area contributed by atoms with E-state index in [-0.39, 0.29) is 11.9 Å². The SMILES string of the molecule is COc1cccc(C2=NN(C(=O)c3cccc(Br)c3)[C@@H](c3ccccc3)C2)c1. The lowest BCUT2D eigenvalue weighted by atomic mass is 9.98. The van der Waals surface area contributed by atoms with E-state index in [1.54, 1.807) is 12.1 Å². The lowest BCUT2D eigenvalue weighted by Crippen LogP contribution is -2.27. The minimum atomic E-state index is -0.145. The molecule has 3 aromatic carbocycles. The quantitative estimate of drug-likeness (QED) is 0.547. The first kappa shape index (κ1) is 18.4. The molecule has 0 N–H and O–H groups in total. The molecule has 1 atom stereocenters. The van der Waals surface area contributed by atoms with Crippen LogP contribution in [0.1, 0.15) is 33.9 Å². The number of carbonyl (C=O) groups is 1.